The van der Waals surface area contributed by atoms with Crippen molar-refractivity contribution in [2.75, 3.05) is 11.9 Å². The highest BCUT2D eigenvalue weighted by Crippen LogP contribution is 2.18. The van der Waals surface area contributed by atoms with Crippen LogP contribution in [0, 0.1) is 13.8 Å². The van der Waals surface area contributed by atoms with E-state index in [1.54, 1.807) is 0 Å². The maximum atomic E-state index is 12.2. The second kappa shape index (κ2) is 7.77. The summed E-state index contributed by atoms with van der Waals surface area (Å²) in [7, 11) is 0. The van der Waals surface area contributed by atoms with Crippen molar-refractivity contribution in [1.82, 2.24) is 5.32 Å². The molecule has 0 heterocycles. The lowest BCUT2D eigenvalue weighted by molar-refractivity contribution is -0.115. The van der Waals surface area contributed by atoms with Gasteiger partial charge in [-0.25, -0.2) is 0 Å². The third kappa shape index (κ3) is 4.95. The van der Waals surface area contributed by atoms with Crippen LogP contribution >= 0.6 is 0 Å². The molecule has 126 valence electrons. The van der Waals surface area contributed by atoms with Gasteiger partial charge in [-0.15, -0.1) is 0 Å². The van der Waals surface area contributed by atoms with Crippen LogP contribution in [0.3, 0.4) is 0 Å². The Bertz CT molecular complexity index is 731. The molecule has 0 unspecified atom stereocenters. The van der Waals surface area contributed by atoms with Gasteiger partial charge in [-0.1, -0.05) is 43.2 Å². The Balaban J connectivity index is 1.93. The lowest BCUT2D eigenvalue weighted by Crippen LogP contribution is -2.32. The SMILES string of the molecule is Cc1cc(C)cc(C(=O)NCC(=O)Nc2cccc(C(C)C)c2)c1. The highest BCUT2D eigenvalue weighted by Gasteiger charge is 2.10. The molecular formula is C20H24N2O2. The molecule has 2 aromatic carbocycles. The minimum absolute atomic E-state index is 0.0578. The molecule has 0 radical (unpaired) electrons. The van der Waals surface area contributed by atoms with Crippen molar-refractivity contribution in [3.8, 4) is 0 Å². The molecule has 4 nitrogen and oxygen atoms in total. The van der Waals surface area contributed by atoms with E-state index in [2.05, 4.69) is 24.5 Å². The van der Waals surface area contributed by atoms with Crippen LogP contribution in [0.25, 0.3) is 0 Å². The number of rotatable bonds is 5. The average Bonchev–Trinajstić information content (AvgIpc) is 2.52. The van der Waals surface area contributed by atoms with Crippen LogP contribution in [-0.4, -0.2) is 18.4 Å². The summed E-state index contributed by atoms with van der Waals surface area (Å²) in [6, 6.07) is 13.4. The fraction of sp³-hybridized carbons (Fsp3) is 0.300. The van der Waals surface area contributed by atoms with Gasteiger partial charge in [0, 0.05) is 11.3 Å². The van der Waals surface area contributed by atoms with Gasteiger partial charge in [0.05, 0.1) is 6.54 Å². The quantitative estimate of drug-likeness (QED) is 0.879. The first-order chi connectivity index (χ1) is 11.3. The fourth-order valence-corrected chi connectivity index (χ4v) is 2.55. The number of amides is 2. The van der Waals surface area contributed by atoms with E-state index in [1.165, 1.54) is 0 Å². The van der Waals surface area contributed by atoms with Crippen LogP contribution in [-0.2, 0) is 4.79 Å². The molecule has 0 aliphatic carbocycles. The number of nitrogens with one attached hydrogen (secondary N) is 2. The number of carbonyl (C=O) groups excluding carboxylic acids is 2. The van der Waals surface area contributed by atoms with E-state index in [1.807, 2.05) is 56.3 Å². The van der Waals surface area contributed by atoms with Crippen molar-refractivity contribution in [2.45, 2.75) is 33.6 Å². The third-order valence-corrected chi connectivity index (χ3v) is 3.73. The molecule has 0 atom stereocenters. The summed E-state index contributed by atoms with van der Waals surface area (Å²) in [6.07, 6.45) is 0. The molecule has 4 heteroatoms. The van der Waals surface area contributed by atoms with Gasteiger partial charge < -0.3 is 10.6 Å². The van der Waals surface area contributed by atoms with Crippen molar-refractivity contribution < 1.29 is 9.59 Å². The Hall–Kier alpha value is -2.62. The van der Waals surface area contributed by atoms with E-state index in [0.717, 1.165) is 22.4 Å². The summed E-state index contributed by atoms with van der Waals surface area (Å²) >= 11 is 0. The largest absolute Gasteiger partial charge is 0.343 e. The first-order valence-corrected chi connectivity index (χ1v) is 8.11. The van der Waals surface area contributed by atoms with Crippen LogP contribution in [0.4, 0.5) is 5.69 Å². The number of hydrogen-bond donors (Lipinski definition) is 2. The van der Waals surface area contributed by atoms with Gasteiger partial charge in [-0.2, -0.15) is 0 Å². The smallest absolute Gasteiger partial charge is 0.251 e. The van der Waals surface area contributed by atoms with Crippen molar-refractivity contribution >= 4 is 17.5 Å². The predicted molar refractivity (Wildman–Crippen MR) is 97.4 cm³/mol. The standard InChI is InChI=1S/C20H24N2O2/c1-13(2)16-6-5-7-18(11-16)22-19(23)12-21-20(24)17-9-14(3)8-15(4)10-17/h5-11,13H,12H2,1-4H3,(H,21,24)(H,22,23). The molecule has 2 rings (SSSR count). The molecule has 0 fully saturated rings. The maximum Gasteiger partial charge on any atom is 0.251 e. The molecule has 0 spiro atoms. The summed E-state index contributed by atoms with van der Waals surface area (Å²) in [5.41, 5.74) is 4.52. The van der Waals surface area contributed by atoms with Crippen LogP contribution < -0.4 is 10.6 Å². The molecule has 0 aliphatic rings. The Labute approximate surface area is 143 Å². The van der Waals surface area contributed by atoms with E-state index >= 15 is 0 Å². The molecule has 2 aromatic rings. The second-order valence-corrected chi connectivity index (χ2v) is 6.39. The van der Waals surface area contributed by atoms with Crippen LogP contribution in [0.5, 0.6) is 0 Å². The van der Waals surface area contributed by atoms with Gasteiger partial charge in [0.15, 0.2) is 0 Å². The highest BCUT2D eigenvalue weighted by molar-refractivity contribution is 5.99. The van der Waals surface area contributed by atoms with E-state index in [4.69, 9.17) is 0 Å². The molecule has 2 amide bonds. The summed E-state index contributed by atoms with van der Waals surface area (Å²) in [5, 5.41) is 5.47. The summed E-state index contributed by atoms with van der Waals surface area (Å²) in [5.74, 6) is -0.0902. The monoisotopic (exact) mass is 324 g/mol. The molecule has 2 N–H and O–H groups in total. The summed E-state index contributed by atoms with van der Waals surface area (Å²) in [6.45, 7) is 8.03. The highest BCUT2D eigenvalue weighted by atomic mass is 16.2. The third-order valence-electron chi connectivity index (χ3n) is 3.73. The van der Waals surface area contributed by atoms with Crippen molar-refractivity contribution in [3.63, 3.8) is 0 Å². The van der Waals surface area contributed by atoms with Crippen molar-refractivity contribution in [1.29, 1.82) is 0 Å². The number of carbonyl (C=O) groups is 2. The molecule has 0 saturated heterocycles. The second-order valence-electron chi connectivity index (χ2n) is 6.39. The minimum atomic E-state index is -0.243. The van der Waals surface area contributed by atoms with E-state index < -0.39 is 0 Å². The van der Waals surface area contributed by atoms with Crippen molar-refractivity contribution in [2.24, 2.45) is 0 Å². The number of aryl methyl sites for hydroxylation is 2. The zero-order chi connectivity index (χ0) is 17.7. The zero-order valence-corrected chi connectivity index (χ0v) is 14.6. The zero-order valence-electron chi connectivity index (χ0n) is 14.6. The normalized spacial score (nSPS) is 10.5. The van der Waals surface area contributed by atoms with E-state index in [9.17, 15) is 9.59 Å². The molecule has 0 aromatic heterocycles. The Morgan fingerprint density at radius 1 is 1.00 bits per heavy atom. The first-order valence-electron chi connectivity index (χ1n) is 8.11. The predicted octanol–water partition coefficient (Wildman–Crippen LogP) is 3.80. The van der Waals surface area contributed by atoms with Gasteiger partial charge in [0.2, 0.25) is 5.91 Å². The lowest BCUT2D eigenvalue weighted by Gasteiger charge is -2.10. The Morgan fingerprint density at radius 2 is 1.67 bits per heavy atom. The van der Waals surface area contributed by atoms with Gasteiger partial charge in [-0.05, 0) is 49.6 Å². The molecule has 24 heavy (non-hydrogen) atoms. The number of benzene rings is 2. The maximum absolute atomic E-state index is 12.2. The van der Waals surface area contributed by atoms with Gasteiger partial charge in [0.1, 0.15) is 0 Å². The van der Waals surface area contributed by atoms with Gasteiger partial charge >= 0.3 is 0 Å². The minimum Gasteiger partial charge on any atom is -0.343 e. The molecular weight excluding hydrogens is 300 g/mol. The summed E-state index contributed by atoms with van der Waals surface area (Å²) < 4.78 is 0. The fourth-order valence-electron chi connectivity index (χ4n) is 2.55. The van der Waals surface area contributed by atoms with Gasteiger partial charge in [-0.3, -0.25) is 9.59 Å². The van der Waals surface area contributed by atoms with Crippen LogP contribution in [0.15, 0.2) is 42.5 Å². The topological polar surface area (TPSA) is 58.2 Å². The van der Waals surface area contributed by atoms with Crippen LogP contribution in [0.2, 0.25) is 0 Å². The van der Waals surface area contributed by atoms with E-state index in [-0.39, 0.29) is 18.4 Å². The number of hydrogen-bond acceptors (Lipinski definition) is 2. The number of anilines is 1. The lowest BCUT2D eigenvalue weighted by atomic mass is 10.0. The molecule has 0 aliphatic heterocycles. The first kappa shape index (κ1) is 17.7. The Kier molecular flexibility index (Phi) is 5.74. The van der Waals surface area contributed by atoms with E-state index in [0.29, 0.717) is 11.5 Å². The summed E-state index contributed by atoms with van der Waals surface area (Å²) in [4.78, 5) is 24.2. The van der Waals surface area contributed by atoms with Crippen molar-refractivity contribution in [3.05, 3.63) is 64.7 Å². The van der Waals surface area contributed by atoms with Crippen LogP contribution in [0.1, 0.15) is 46.8 Å². The van der Waals surface area contributed by atoms with Gasteiger partial charge in [0.25, 0.3) is 5.91 Å². The molecule has 0 bridgehead atoms. The molecule has 0 saturated carbocycles. The Morgan fingerprint density at radius 3 is 2.29 bits per heavy atom. The average molecular weight is 324 g/mol.